The predicted molar refractivity (Wildman–Crippen MR) is 108 cm³/mol. The summed E-state index contributed by atoms with van der Waals surface area (Å²) in [4.78, 5) is 14.9. The minimum Gasteiger partial charge on any atom is -0.376 e. The van der Waals surface area contributed by atoms with Crippen molar-refractivity contribution in [3.63, 3.8) is 0 Å². The minimum atomic E-state index is -3.14. The van der Waals surface area contributed by atoms with Gasteiger partial charge >= 0.3 is 0 Å². The quantitative estimate of drug-likeness (QED) is 0.685. The first-order chi connectivity index (χ1) is 13.3. The van der Waals surface area contributed by atoms with Gasteiger partial charge in [0.25, 0.3) is 5.76 Å². The average molecular weight is 427 g/mol. The Morgan fingerprint density at radius 2 is 1.82 bits per heavy atom. The summed E-state index contributed by atoms with van der Waals surface area (Å²) in [5.74, 6) is -2.71. The van der Waals surface area contributed by atoms with Crippen LogP contribution in [0, 0.1) is 0 Å². The van der Waals surface area contributed by atoms with Crippen molar-refractivity contribution in [2.75, 3.05) is 28.3 Å². The molecule has 1 saturated heterocycles. The molecule has 0 saturated carbocycles. The number of nitrogens with one attached hydrogen (secondary N) is 1. The van der Waals surface area contributed by atoms with Gasteiger partial charge < -0.3 is 10.2 Å². The summed E-state index contributed by atoms with van der Waals surface area (Å²) < 4.78 is 48.5. The highest BCUT2D eigenvalue weighted by Gasteiger charge is 2.35. The summed E-state index contributed by atoms with van der Waals surface area (Å²) in [7, 11) is -3.14. The predicted octanol–water partition coefficient (Wildman–Crippen LogP) is 3.63. The fraction of sp³-hybridized carbons (Fsp3) is 0.316. The molecule has 1 atom stereocenters. The summed E-state index contributed by atoms with van der Waals surface area (Å²) in [5, 5.41) is 2.98. The Labute approximate surface area is 167 Å². The van der Waals surface area contributed by atoms with Crippen LogP contribution in [0.1, 0.15) is 6.42 Å². The zero-order valence-corrected chi connectivity index (χ0v) is 16.6. The third-order valence-corrected chi connectivity index (χ3v) is 6.87. The van der Waals surface area contributed by atoms with Crippen molar-refractivity contribution in [1.82, 2.24) is 0 Å². The monoisotopic (exact) mass is 426 g/mol. The number of carbonyl (C=O) groups is 1. The third-order valence-electron chi connectivity index (χ3n) is 4.40. The van der Waals surface area contributed by atoms with Crippen molar-refractivity contribution in [2.45, 2.75) is 23.1 Å². The molecule has 1 aliphatic rings. The van der Waals surface area contributed by atoms with E-state index in [1.807, 2.05) is 6.07 Å². The second-order valence-corrected chi connectivity index (χ2v) is 9.70. The number of thioether (sulfide) groups is 1. The van der Waals surface area contributed by atoms with Crippen molar-refractivity contribution >= 4 is 38.9 Å². The summed E-state index contributed by atoms with van der Waals surface area (Å²) >= 11 is 0.457. The normalized spacial score (nSPS) is 18.2. The maximum Gasteiger partial charge on any atom is 0.288 e. The zero-order chi connectivity index (χ0) is 20.1. The van der Waals surface area contributed by atoms with Crippen molar-refractivity contribution in [3.05, 3.63) is 54.6 Å². The van der Waals surface area contributed by atoms with E-state index >= 15 is 0 Å². The van der Waals surface area contributed by atoms with E-state index in [1.165, 1.54) is 0 Å². The number of nitrogens with zero attached hydrogens (tertiary/aromatic N) is 1. The Hall–Kier alpha value is -2.13. The number of rotatable bonds is 7. The Kier molecular flexibility index (Phi) is 6.56. The summed E-state index contributed by atoms with van der Waals surface area (Å²) in [6.45, 7) is -0.0349. The first kappa shape index (κ1) is 20.6. The molecule has 5 nitrogen and oxygen atoms in total. The van der Waals surface area contributed by atoms with Crippen LogP contribution in [0.15, 0.2) is 59.5 Å². The van der Waals surface area contributed by atoms with Gasteiger partial charge in [-0.05, 0) is 42.8 Å². The Morgan fingerprint density at radius 1 is 1.14 bits per heavy atom. The molecule has 2 aromatic rings. The minimum absolute atomic E-state index is 0.0349. The van der Waals surface area contributed by atoms with E-state index in [1.54, 1.807) is 53.4 Å². The summed E-state index contributed by atoms with van der Waals surface area (Å²) in [5.41, 5.74) is 1.28. The number of alkyl halides is 2. The molecule has 1 amide bonds. The molecule has 0 radical (unpaired) electrons. The first-order valence-corrected chi connectivity index (χ1v) is 11.4. The number of anilines is 2. The lowest BCUT2D eigenvalue weighted by atomic mass is 10.1. The van der Waals surface area contributed by atoms with Crippen LogP contribution >= 0.6 is 11.8 Å². The number of carbonyl (C=O) groups excluding carboxylic acids is 1. The Morgan fingerprint density at radius 3 is 2.39 bits per heavy atom. The van der Waals surface area contributed by atoms with Crippen molar-refractivity contribution in [1.29, 1.82) is 0 Å². The van der Waals surface area contributed by atoms with Gasteiger partial charge in [-0.3, -0.25) is 4.79 Å². The van der Waals surface area contributed by atoms with E-state index in [9.17, 15) is 22.0 Å². The van der Waals surface area contributed by atoms with E-state index in [4.69, 9.17) is 0 Å². The Bertz CT molecular complexity index is 907. The van der Waals surface area contributed by atoms with Crippen LogP contribution in [-0.2, 0) is 14.6 Å². The van der Waals surface area contributed by atoms with Gasteiger partial charge in [-0.1, -0.05) is 30.0 Å². The van der Waals surface area contributed by atoms with Crippen molar-refractivity contribution in [3.8, 4) is 0 Å². The molecular formula is C19H20F2N2O3S2. The number of sulfone groups is 1. The molecule has 1 fully saturated rings. The fourth-order valence-corrected chi connectivity index (χ4v) is 5.34. The summed E-state index contributed by atoms with van der Waals surface area (Å²) in [6.07, 6.45) is 0.405. The van der Waals surface area contributed by atoms with E-state index in [-0.39, 0.29) is 24.0 Å². The molecular weight excluding hydrogens is 406 g/mol. The van der Waals surface area contributed by atoms with Gasteiger partial charge in [0.15, 0.2) is 9.84 Å². The lowest BCUT2D eigenvalue weighted by Crippen LogP contribution is -2.44. The molecule has 0 aliphatic carbocycles. The molecule has 3 rings (SSSR count). The van der Waals surface area contributed by atoms with Crippen LogP contribution in [0.4, 0.5) is 20.2 Å². The molecule has 1 unspecified atom stereocenters. The topological polar surface area (TPSA) is 66.5 Å². The number of benzene rings is 2. The van der Waals surface area contributed by atoms with Crippen LogP contribution in [-0.4, -0.2) is 44.2 Å². The van der Waals surface area contributed by atoms with Gasteiger partial charge in [-0.25, -0.2) is 8.42 Å². The maximum atomic E-state index is 12.9. The van der Waals surface area contributed by atoms with Gasteiger partial charge in [-0.15, -0.1) is 0 Å². The molecule has 150 valence electrons. The SMILES string of the molecule is O=C(CNc1ccc(SC(F)F)cc1)N(c1ccccc1)C1CCS(=O)(=O)C1. The van der Waals surface area contributed by atoms with E-state index in [0.717, 1.165) is 0 Å². The largest absolute Gasteiger partial charge is 0.376 e. The highest BCUT2D eigenvalue weighted by Crippen LogP contribution is 2.27. The zero-order valence-electron chi connectivity index (χ0n) is 14.9. The van der Waals surface area contributed by atoms with E-state index < -0.39 is 21.6 Å². The highest BCUT2D eigenvalue weighted by atomic mass is 32.2. The lowest BCUT2D eigenvalue weighted by molar-refractivity contribution is -0.117. The number of halogens is 2. The van der Waals surface area contributed by atoms with Crippen molar-refractivity contribution < 1.29 is 22.0 Å². The smallest absolute Gasteiger partial charge is 0.288 e. The van der Waals surface area contributed by atoms with E-state index in [0.29, 0.717) is 34.5 Å². The Balaban J connectivity index is 1.69. The van der Waals surface area contributed by atoms with Gasteiger partial charge in [0.2, 0.25) is 5.91 Å². The van der Waals surface area contributed by atoms with Gasteiger partial charge in [0, 0.05) is 16.3 Å². The van der Waals surface area contributed by atoms with Gasteiger partial charge in [0.1, 0.15) is 0 Å². The van der Waals surface area contributed by atoms with E-state index in [2.05, 4.69) is 5.32 Å². The molecule has 0 bridgehead atoms. The molecule has 0 spiro atoms. The average Bonchev–Trinajstić information content (AvgIpc) is 3.01. The molecule has 1 aliphatic heterocycles. The fourth-order valence-electron chi connectivity index (χ4n) is 3.14. The summed E-state index contributed by atoms with van der Waals surface area (Å²) in [6, 6.07) is 15.0. The molecule has 1 heterocycles. The number of hydrogen-bond acceptors (Lipinski definition) is 5. The van der Waals surface area contributed by atoms with Crippen molar-refractivity contribution in [2.24, 2.45) is 0 Å². The number of amides is 1. The first-order valence-electron chi connectivity index (χ1n) is 8.70. The third kappa shape index (κ3) is 5.45. The number of para-hydroxylation sites is 1. The van der Waals surface area contributed by atoms with Crippen LogP contribution < -0.4 is 10.2 Å². The van der Waals surface area contributed by atoms with Crippen LogP contribution in [0.3, 0.4) is 0 Å². The second kappa shape index (κ2) is 8.91. The lowest BCUT2D eigenvalue weighted by Gasteiger charge is -2.28. The maximum absolute atomic E-state index is 12.9. The van der Waals surface area contributed by atoms with Crippen LogP contribution in [0.25, 0.3) is 0 Å². The molecule has 2 aromatic carbocycles. The standard InChI is InChI=1S/C19H20F2N2O3S2/c20-19(21)27-17-8-6-14(7-9-17)22-12-18(24)23(15-4-2-1-3-5-15)16-10-11-28(25,26)13-16/h1-9,16,19,22H,10-13H2. The highest BCUT2D eigenvalue weighted by molar-refractivity contribution is 7.99. The van der Waals surface area contributed by atoms with Crippen LogP contribution in [0.2, 0.25) is 0 Å². The van der Waals surface area contributed by atoms with Gasteiger partial charge in [-0.2, -0.15) is 8.78 Å². The van der Waals surface area contributed by atoms with Gasteiger partial charge in [0.05, 0.1) is 24.1 Å². The molecule has 9 heteroatoms. The second-order valence-electron chi connectivity index (χ2n) is 6.41. The molecule has 28 heavy (non-hydrogen) atoms. The number of hydrogen-bond donors (Lipinski definition) is 1. The van der Waals surface area contributed by atoms with Crippen LogP contribution in [0.5, 0.6) is 0 Å². The molecule has 0 aromatic heterocycles. The molecule has 1 N–H and O–H groups in total.